The molecule has 3 nitrogen and oxygen atoms in total. The summed E-state index contributed by atoms with van der Waals surface area (Å²) in [6.07, 6.45) is 3.15. The monoisotopic (exact) mass is 168 g/mol. The van der Waals surface area contributed by atoms with Gasteiger partial charge in [0.25, 0.3) is 0 Å². The van der Waals surface area contributed by atoms with E-state index in [4.69, 9.17) is 0 Å². The molecule has 2 unspecified atom stereocenters. The van der Waals surface area contributed by atoms with Crippen molar-refractivity contribution in [3.8, 4) is 0 Å². The van der Waals surface area contributed by atoms with E-state index in [0.717, 1.165) is 25.0 Å². The van der Waals surface area contributed by atoms with Gasteiger partial charge in [0.2, 0.25) is 6.17 Å². The Labute approximate surface area is 73.9 Å². The Morgan fingerprint density at radius 3 is 3.08 bits per heavy atom. The fraction of sp³-hybridized carbons (Fsp3) is 1.00. The van der Waals surface area contributed by atoms with Crippen molar-refractivity contribution in [1.29, 1.82) is 0 Å². The van der Waals surface area contributed by atoms with Gasteiger partial charge in [-0.25, -0.2) is 5.32 Å². The first-order chi connectivity index (χ1) is 5.77. The van der Waals surface area contributed by atoms with Crippen LogP contribution in [0.25, 0.3) is 0 Å². The molecule has 0 amide bonds. The molecule has 0 aromatic heterocycles. The van der Waals surface area contributed by atoms with E-state index in [0.29, 0.717) is 6.17 Å². The molecular weight excluding hydrogens is 150 g/mol. The third-order valence-electron chi connectivity index (χ3n) is 3.14. The fourth-order valence-corrected chi connectivity index (χ4v) is 2.18. The summed E-state index contributed by atoms with van der Waals surface area (Å²) >= 11 is 0. The highest BCUT2D eigenvalue weighted by Crippen LogP contribution is 2.26. The van der Waals surface area contributed by atoms with Crippen molar-refractivity contribution in [3.63, 3.8) is 0 Å². The molecule has 12 heavy (non-hydrogen) atoms. The molecule has 3 heteroatoms. The van der Waals surface area contributed by atoms with Gasteiger partial charge in [-0.3, -0.25) is 0 Å². The molecule has 0 radical (unpaired) electrons. The van der Waals surface area contributed by atoms with Crippen molar-refractivity contribution >= 4 is 0 Å². The molecule has 1 saturated heterocycles. The minimum absolute atomic E-state index is 0.547. The minimum Gasteiger partial charge on any atom is -0.232 e. The Kier molecular flexibility index (Phi) is 2.13. The van der Waals surface area contributed by atoms with Gasteiger partial charge in [-0.05, 0) is 17.0 Å². The second-order valence-electron chi connectivity index (χ2n) is 4.21. The van der Waals surface area contributed by atoms with Gasteiger partial charge in [-0.15, -0.1) is 4.70 Å². The van der Waals surface area contributed by atoms with E-state index < -0.39 is 0 Å². The number of nitrogens with zero attached hydrogens (tertiary/aromatic N) is 2. The van der Waals surface area contributed by atoms with Crippen LogP contribution in [-0.2, 0) is 0 Å². The maximum atomic E-state index is 4.37. The SMILES string of the molecule is CC(C)C1CC[N+]2=NCNC2C1. The van der Waals surface area contributed by atoms with Gasteiger partial charge < -0.3 is 0 Å². The van der Waals surface area contributed by atoms with Crippen LogP contribution < -0.4 is 5.32 Å². The number of hydrogen-bond donors (Lipinski definition) is 1. The topological polar surface area (TPSA) is 27.4 Å². The van der Waals surface area contributed by atoms with Gasteiger partial charge in [0, 0.05) is 12.8 Å². The third kappa shape index (κ3) is 1.38. The number of azo groups is 2. The lowest BCUT2D eigenvalue weighted by Gasteiger charge is -2.25. The van der Waals surface area contributed by atoms with E-state index >= 15 is 0 Å². The van der Waals surface area contributed by atoms with Crippen molar-refractivity contribution in [2.45, 2.75) is 32.9 Å². The molecule has 2 aliphatic heterocycles. The second kappa shape index (κ2) is 3.13. The Morgan fingerprint density at radius 2 is 2.33 bits per heavy atom. The highest BCUT2D eigenvalue weighted by molar-refractivity contribution is 4.72. The highest BCUT2D eigenvalue weighted by Gasteiger charge is 2.36. The van der Waals surface area contributed by atoms with E-state index in [1.165, 1.54) is 12.8 Å². The Morgan fingerprint density at radius 1 is 1.50 bits per heavy atom. The Hall–Kier alpha value is -0.440. The van der Waals surface area contributed by atoms with Gasteiger partial charge in [-0.2, -0.15) is 0 Å². The van der Waals surface area contributed by atoms with Crippen LogP contribution in [0, 0.1) is 11.8 Å². The quantitative estimate of drug-likeness (QED) is 0.589. The molecule has 0 aliphatic carbocycles. The van der Waals surface area contributed by atoms with Gasteiger partial charge >= 0.3 is 0 Å². The third-order valence-corrected chi connectivity index (χ3v) is 3.14. The van der Waals surface area contributed by atoms with Crippen LogP contribution in [0.15, 0.2) is 5.11 Å². The van der Waals surface area contributed by atoms with Crippen molar-refractivity contribution in [3.05, 3.63) is 0 Å². The van der Waals surface area contributed by atoms with Crippen LogP contribution in [0.1, 0.15) is 26.7 Å². The van der Waals surface area contributed by atoms with Crippen molar-refractivity contribution < 1.29 is 4.70 Å². The van der Waals surface area contributed by atoms with Crippen molar-refractivity contribution in [2.75, 3.05) is 13.2 Å². The van der Waals surface area contributed by atoms with Crippen LogP contribution in [-0.4, -0.2) is 24.1 Å². The summed E-state index contributed by atoms with van der Waals surface area (Å²) in [5.41, 5.74) is 0. The first-order valence-corrected chi connectivity index (χ1v) is 4.95. The summed E-state index contributed by atoms with van der Waals surface area (Å²) in [7, 11) is 0. The van der Waals surface area contributed by atoms with Crippen molar-refractivity contribution in [2.24, 2.45) is 17.0 Å². The van der Waals surface area contributed by atoms with E-state index in [1.807, 2.05) is 0 Å². The zero-order chi connectivity index (χ0) is 8.55. The lowest BCUT2D eigenvalue weighted by Crippen LogP contribution is -2.40. The van der Waals surface area contributed by atoms with Gasteiger partial charge in [0.15, 0.2) is 13.2 Å². The molecule has 1 fully saturated rings. The molecule has 2 rings (SSSR count). The molecular formula is C9H18N3+. The highest BCUT2D eigenvalue weighted by atomic mass is 15.4. The lowest BCUT2D eigenvalue weighted by atomic mass is 9.86. The molecule has 1 N–H and O–H groups in total. The summed E-state index contributed by atoms with van der Waals surface area (Å²) in [6.45, 7) is 6.63. The number of nitrogens with one attached hydrogen (secondary N) is 1. The molecule has 0 aromatic rings. The molecule has 68 valence electrons. The predicted molar refractivity (Wildman–Crippen MR) is 46.9 cm³/mol. The van der Waals surface area contributed by atoms with Gasteiger partial charge in [0.05, 0.1) is 0 Å². The van der Waals surface area contributed by atoms with E-state index in [1.54, 1.807) is 0 Å². The zero-order valence-electron chi connectivity index (χ0n) is 7.95. The molecule has 2 aliphatic rings. The maximum absolute atomic E-state index is 4.37. The first kappa shape index (κ1) is 8.17. The fourth-order valence-electron chi connectivity index (χ4n) is 2.18. The summed E-state index contributed by atoms with van der Waals surface area (Å²) in [4.78, 5) is 0. The van der Waals surface area contributed by atoms with E-state index in [9.17, 15) is 0 Å². The lowest BCUT2D eigenvalue weighted by molar-refractivity contribution is -0.630. The summed E-state index contributed by atoms with van der Waals surface area (Å²) in [5, 5.41) is 7.78. The van der Waals surface area contributed by atoms with Gasteiger partial charge in [0.1, 0.15) is 0 Å². The van der Waals surface area contributed by atoms with E-state index in [-0.39, 0.29) is 0 Å². The number of rotatable bonds is 1. The first-order valence-electron chi connectivity index (χ1n) is 4.95. The Balaban J connectivity index is 1.98. The maximum Gasteiger partial charge on any atom is 0.233 e. The minimum atomic E-state index is 0.547. The molecule has 2 atom stereocenters. The van der Waals surface area contributed by atoms with E-state index in [2.05, 4.69) is 29.0 Å². The van der Waals surface area contributed by atoms with Crippen LogP contribution in [0.3, 0.4) is 0 Å². The van der Waals surface area contributed by atoms with Crippen LogP contribution in [0.2, 0.25) is 0 Å². The normalized spacial score (nSPS) is 35.1. The average Bonchev–Trinajstić information content (AvgIpc) is 2.49. The van der Waals surface area contributed by atoms with Crippen LogP contribution in [0.5, 0.6) is 0 Å². The predicted octanol–water partition coefficient (Wildman–Crippen LogP) is 1.40. The molecule has 0 aromatic carbocycles. The van der Waals surface area contributed by atoms with Crippen LogP contribution >= 0.6 is 0 Å². The molecule has 2 heterocycles. The van der Waals surface area contributed by atoms with Crippen molar-refractivity contribution in [1.82, 2.24) is 5.32 Å². The number of fused-ring (bicyclic) bond motifs is 1. The number of piperidine rings is 1. The average molecular weight is 168 g/mol. The molecule has 0 bridgehead atoms. The summed E-state index contributed by atoms with van der Waals surface area (Å²) < 4.78 is 2.22. The molecule has 0 saturated carbocycles. The van der Waals surface area contributed by atoms with Crippen LogP contribution in [0.4, 0.5) is 0 Å². The molecule has 0 spiro atoms. The smallest absolute Gasteiger partial charge is 0.232 e. The summed E-state index contributed by atoms with van der Waals surface area (Å²) in [5.74, 6) is 1.72. The zero-order valence-corrected chi connectivity index (χ0v) is 7.95. The second-order valence-corrected chi connectivity index (χ2v) is 4.21. The Bertz CT molecular complexity index is 198. The van der Waals surface area contributed by atoms with Gasteiger partial charge in [-0.1, -0.05) is 13.8 Å². The standard InChI is InChI=1S/C9H18N3/c1-7(2)8-3-4-12-9(5-8)10-6-11-12/h7-10H,3-6H2,1-2H3/q+1. The number of hydrogen-bond acceptors (Lipinski definition) is 2. The largest absolute Gasteiger partial charge is 0.233 e. The summed E-state index contributed by atoms with van der Waals surface area (Å²) in [6, 6.07) is 0.